The number of hydrogen-bond acceptors (Lipinski definition) is 3. The summed E-state index contributed by atoms with van der Waals surface area (Å²) in [6, 6.07) is 19.5. The van der Waals surface area contributed by atoms with Gasteiger partial charge in [0, 0.05) is 15.7 Å². The Bertz CT molecular complexity index is 1180. The summed E-state index contributed by atoms with van der Waals surface area (Å²) in [4.78, 5) is 12.5. The normalized spacial score (nSPS) is 11.0. The van der Waals surface area contributed by atoms with Gasteiger partial charge in [0.2, 0.25) is 0 Å². The highest BCUT2D eigenvalue weighted by atomic mass is 35.5. The van der Waals surface area contributed by atoms with E-state index in [-0.39, 0.29) is 5.57 Å². The molecular formula is C24H17Cl3N2O2. The van der Waals surface area contributed by atoms with Gasteiger partial charge >= 0.3 is 0 Å². The highest BCUT2D eigenvalue weighted by Crippen LogP contribution is 2.28. The van der Waals surface area contributed by atoms with Crippen LogP contribution in [0, 0.1) is 18.3 Å². The Morgan fingerprint density at radius 1 is 1.06 bits per heavy atom. The summed E-state index contributed by atoms with van der Waals surface area (Å²) in [6.07, 6.45) is 1.46. The van der Waals surface area contributed by atoms with Crippen LogP contribution in [0.2, 0.25) is 15.1 Å². The number of carbonyl (C=O) groups is 1. The first-order valence-electron chi connectivity index (χ1n) is 9.22. The number of amides is 1. The van der Waals surface area contributed by atoms with E-state index in [9.17, 15) is 10.1 Å². The molecule has 7 heteroatoms. The van der Waals surface area contributed by atoms with E-state index in [1.54, 1.807) is 55.5 Å². The maximum atomic E-state index is 12.5. The second-order valence-corrected chi connectivity index (χ2v) is 7.89. The first kappa shape index (κ1) is 22.7. The molecule has 156 valence electrons. The molecule has 0 radical (unpaired) electrons. The summed E-state index contributed by atoms with van der Waals surface area (Å²) in [6.45, 7) is 2.12. The molecule has 31 heavy (non-hydrogen) atoms. The lowest BCUT2D eigenvalue weighted by Crippen LogP contribution is -2.14. The summed E-state index contributed by atoms with van der Waals surface area (Å²) in [5.41, 5.74) is 2.75. The minimum absolute atomic E-state index is 0.0646. The minimum Gasteiger partial charge on any atom is -0.487 e. The topological polar surface area (TPSA) is 62.1 Å². The quantitative estimate of drug-likeness (QED) is 0.308. The van der Waals surface area contributed by atoms with Gasteiger partial charge < -0.3 is 10.1 Å². The Labute approximate surface area is 195 Å². The van der Waals surface area contributed by atoms with Crippen molar-refractivity contribution in [2.24, 2.45) is 0 Å². The minimum atomic E-state index is -0.535. The lowest BCUT2D eigenvalue weighted by molar-refractivity contribution is -0.112. The predicted molar refractivity (Wildman–Crippen MR) is 126 cm³/mol. The number of carbonyl (C=O) groups excluding carboxylic acids is 1. The number of ether oxygens (including phenoxy) is 1. The van der Waals surface area contributed by atoms with Gasteiger partial charge in [0.05, 0.1) is 5.02 Å². The van der Waals surface area contributed by atoms with Crippen molar-refractivity contribution < 1.29 is 9.53 Å². The molecule has 0 saturated heterocycles. The second kappa shape index (κ2) is 10.4. The number of rotatable bonds is 6. The second-order valence-electron chi connectivity index (χ2n) is 6.64. The van der Waals surface area contributed by atoms with Gasteiger partial charge in [-0.1, -0.05) is 59.1 Å². The predicted octanol–water partition coefficient (Wildman–Crippen LogP) is 7.08. The fraction of sp³-hybridized carbons (Fsp3) is 0.0833. The van der Waals surface area contributed by atoms with E-state index in [0.717, 1.165) is 11.1 Å². The van der Waals surface area contributed by atoms with Gasteiger partial charge in [-0.25, -0.2) is 0 Å². The van der Waals surface area contributed by atoms with E-state index in [2.05, 4.69) is 5.32 Å². The lowest BCUT2D eigenvalue weighted by atomic mass is 10.1. The molecule has 0 unspecified atom stereocenters. The maximum Gasteiger partial charge on any atom is 0.266 e. The summed E-state index contributed by atoms with van der Waals surface area (Å²) in [5, 5.41) is 13.7. The molecule has 1 amide bonds. The SMILES string of the molecule is Cc1c(Cl)cccc1NC(=O)/C(C#N)=C/c1ccc(OCc2ccc(Cl)cc2)c(Cl)c1. The standard InChI is InChI=1S/C24H17Cl3N2O2/c1-15-20(26)3-2-4-22(15)29-24(30)18(13-28)11-17-7-10-23(21(27)12-17)31-14-16-5-8-19(25)9-6-16/h2-12H,14H2,1H3,(H,29,30)/b18-11+. The number of nitrogens with one attached hydrogen (secondary N) is 1. The number of nitriles is 1. The summed E-state index contributed by atoms with van der Waals surface area (Å²) in [5.74, 6) is -0.0432. The number of hydrogen-bond donors (Lipinski definition) is 1. The van der Waals surface area contributed by atoms with Crippen LogP contribution >= 0.6 is 34.8 Å². The lowest BCUT2D eigenvalue weighted by Gasteiger charge is -2.10. The van der Waals surface area contributed by atoms with Crippen LogP contribution in [-0.2, 0) is 11.4 Å². The Hall–Kier alpha value is -2.97. The van der Waals surface area contributed by atoms with Gasteiger partial charge in [0.15, 0.2) is 0 Å². The van der Waals surface area contributed by atoms with Crippen molar-refractivity contribution in [2.45, 2.75) is 13.5 Å². The molecule has 0 bridgehead atoms. The van der Waals surface area contributed by atoms with Crippen molar-refractivity contribution in [3.05, 3.63) is 98.0 Å². The average molecular weight is 472 g/mol. The zero-order chi connectivity index (χ0) is 22.4. The maximum absolute atomic E-state index is 12.5. The Kier molecular flexibility index (Phi) is 7.59. The summed E-state index contributed by atoms with van der Waals surface area (Å²) >= 11 is 18.3. The van der Waals surface area contributed by atoms with Crippen molar-refractivity contribution >= 4 is 52.5 Å². The number of halogens is 3. The summed E-state index contributed by atoms with van der Waals surface area (Å²) < 4.78 is 5.75. The third-order valence-electron chi connectivity index (χ3n) is 4.46. The van der Waals surface area contributed by atoms with Crippen LogP contribution in [0.5, 0.6) is 5.75 Å². The molecule has 0 atom stereocenters. The van der Waals surface area contributed by atoms with Crippen LogP contribution < -0.4 is 10.1 Å². The fourth-order valence-corrected chi connectivity index (χ4v) is 3.26. The van der Waals surface area contributed by atoms with Crippen molar-refractivity contribution in [3.63, 3.8) is 0 Å². The van der Waals surface area contributed by atoms with E-state index in [4.69, 9.17) is 39.5 Å². The molecule has 0 aromatic heterocycles. The Morgan fingerprint density at radius 2 is 1.81 bits per heavy atom. The van der Waals surface area contributed by atoms with E-state index < -0.39 is 5.91 Å². The van der Waals surface area contributed by atoms with Gasteiger partial charge in [0.25, 0.3) is 5.91 Å². The molecule has 3 aromatic carbocycles. The molecule has 3 aromatic rings. The molecule has 0 saturated carbocycles. The van der Waals surface area contributed by atoms with Crippen molar-refractivity contribution in [2.75, 3.05) is 5.32 Å². The average Bonchev–Trinajstić information content (AvgIpc) is 2.75. The fourth-order valence-electron chi connectivity index (χ4n) is 2.71. The zero-order valence-corrected chi connectivity index (χ0v) is 18.7. The third-order valence-corrected chi connectivity index (χ3v) is 5.41. The molecule has 3 rings (SSSR count). The zero-order valence-electron chi connectivity index (χ0n) is 16.5. The molecule has 0 aliphatic heterocycles. The van der Waals surface area contributed by atoms with Crippen molar-refractivity contribution in [1.82, 2.24) is 0 Å². The Balaban J connectivity index is 1.72. The largest absolute Gasteiger partial charge is 0.487 e. The first-order valence-corrected chi connectivity index (χ1v) is 10.4. The van der Waals surface area contributed by atoms with Gasteiger partial charge in [-0.2, -0.15) is 5.26 Å². The molecule has 4 nitrogen and oxygen atoms in total. The van der Waals surface area contributed by atoms with E-state index in [0.29, 0.717) is 38.7 Å². The molecular weight excluding hydrogens is 455 g/mol. The van der Waals surface area contributed by atoms with Crippen molar-refractivity contribution in [3.8, 4) is 11.8 Å². The number of anilines is 1. The van der Waals surface area contributed by atoms with Crippen LogP contribution in [0.1, 0.15) is 16.7 Å². The van der Waals surface area contributed by atoms with Crippen LogP contribution in [0.25, 0.3) is 6.08 Å². The molecule has 0 fully saturated rings. The van der Waals surface area contributed by atoms with Gasteiger partial charge in [-0.05, 0) is 66.1 Å². The highest BCUT2D eigenvalue weighted by Gasteiger charge is 2.12. The van der Waals surface area contributed by atoms with Gasteiger partial charge in [-0.15, -0.1) is 0 Å². The van der Waals surface area contributed by atoms with E-state index in [1.807, 2.05) is 18.2 Å². The molecule has 1 N–H and O–H groups in total. The molecule has 0 aliphatic carbocycles. The molecule has 0 aliphatic rings. The first-order chi connectivity index (χ1) is 14.9. The molecule has 0 heterocycles. The van der Waals surface area contributed by atoms with Crippen LogP contribution in [-0.4, -0.2) is 5.91 Å². The number of benzene rings is 3. The molecule has 0 spiro atoms. The summed E-state index contributed by atoms with van der Waals surface area (Å²) in [7, 11) is 0. The van der Waals surface area contributed by atoms with Crippen LogP contribution in [0.3, 0.4) is 0 Å². The van der Waals surface area contributed by atoms with E-state index in [1.165, 1.54) is 6.08 Å². The van der Waals surface area contributed by atoms with Gasteiger partial charge in [-0.3, -0.25) is 4.79 Å². The monoisotopic (exact) mass is 470 g/mol. The van der Waals surface area contributed by atoms with Gasteiger partial charge in [0.1, 0.15) is 24.0 Å². The highest BCUT2D eigenvalue weighted by molar-refractivity contribution is 6.32. The third kappa shape index (κ3) is 6.02. The van der Waals surface area contributed by atoms with Crippen molar-refractivity contribution in [1.29, 1.82) is 5.26 Å². The smallest absolute Gasteiger partial charge is 0.266 e. The number of nitrogens with zero attached hydrogens (tertiary/aromatic N) is 1. The van der Waals surface area contributed by atoms with Crippen LogP contribution in [0.4, 0.5) is 5.69 Å². The van der Waals surface area contributed by atoms with Crippen LogP contribution in [0.15, 0.2) is 66.2 Å². The van der Waals surface area contributed by atoms with E-state index >= 15 is 0 Å². The Morgan fingerprint density at radius 3 is 2.48 bits per heavy atom.